The summed E-state index contributed by atoms with van der Waals surface area (Å²) in [7, 11) is 0. The smallest absolute Gasteiger partial charge is 0.116 e. The van der Waals surface area contributed by atoms with Gasteiger partial charge >= 0.3 is 0 Å². The normalized spacial score (nSPS) is 37.9. The standard InChI is InChI=1S/C16H22O2/c1-12(2)16-10-9-15(3,18-16)14(16)17-11-13-7-5-4-6-8-13/h4-8,12,14H,9-11H2,1-3H3. The highest BCUT2D eigenvalue weighted by Crippen LogP contribution is 2.59. The van der Waals surface area contributed by atoms with Crippen LogP contribution in [0.25, 0.3) is 0 Å². The third kappa shape index (κ3) is 1.63. The molecule has 18 heavy (non-hydrogen) atoms. The molecule has 3 aliphatic rings. The monoisotopic (exact) mass is 246 g/mol. The van der Waals surface area contributed by atoms with Crippen LogP contribution < -0.4 is 0 Å². The van der Waals surface area contributed by atoms with E-state index in [1.165, 1.54) is 5.56 Å². The predicted molar refractivity (Wildman–Crippen MR) is 71.3 cm³/mol. The molecule has 1 saturated carbocycles. The summed E-state index contributed by atoms with van der Waals surface area (Å²) in [6, 6.07) is 10.4. The fourth-order valence-corrected chi connectivity index (χ4v) is 3.59. The minimum atomic E-state index is -0.0426. The van der Waals surface area contributed by atoms with Crippen molar-refractivity contribution in [2.45, 2.75) is 57.5 Å². The molecule has 0 radical (unpaired) electrons. The van der Waals surface area contributed by atoms with Crippen LogP contribution in [0.1, 0.15) is 39.2 Å². The van der Waals surface area contributed by atoms with Crippen molar-refractivity contribution in [2.75, 3.05) is 0 Å². The zero-order chi connectivity index (χ0) is 12.8. The summed E-state index contributed by atoms with van der Waals surface area (Å²) in [5.41, 5.74) is 1.18. The summed E-state index contributed by atoms with van der Waals surface area (Å²) in [5, 5.41) is 0. The van der Waals surface area contributed by atoms with E-state index in [-0.39, 0.29) is 17.3 Å². The van der Waals surface area contributed by atoms with Crippen LogP contribution in [0, 0.1) is 5.92 Å². The molecule has 3 fully saturated rings. The Bertz CT molecular complexity index is 428. The lowest BCUT2D eigenvalue weighted by molar-refractivity contribution is -0.328. The molecule has 98 valence electrons. The maximum absolute atomic E-state index is 6.19. The topological polar surface area (TPSA) is 18.5 Å². The molecule has 2 heteroatoms. The summed E-state index contributed by atoms with van der Waals surface area (Å²) >= 11 is 0. The van der Waals surface area contributed by atoms with Gasteiger partial charge in [0.25, 0.3) is 0 Å². The summed E-state index contributed by atoms with van der Waals surface area (Å²) in [5.74, 6) is 0.522. The lowest BCUT2D eigenvalue weighted by Gasteiger charge is -2.55. The third-order valence-corrected chi connectivity index (χ3v) is 4.67. The zero-order valence-corrected chi connectivity index (χ0v) is 11.5. The van der Waals surface area contributed by atoms with E-state index in [2.05, 4.69) is 45.0 Å². The molecular weight excluding hydrogens is 224 g/mol. The van der Waals surface area contributed by atoms with E-state index in [0.717, 1.165) is 12.8 Å². The third-order valence-electron chi connectivity index (χ3n) is 4.67. The van der Waals surface area contributed by atoms with Gasteiger partial charge in [0.15, 0.2) is 0 Å². The first kappa shape index (κ1) is 12.2. The molecule has 2 nitrogen and oxygen atoms in total. The lowest BCUT2D eigenvalue weighted by atomic mass is 9.78. The van der Waals surface area contributed by atoms with Gasteiger partial charge < -0.3 is 9.47 Å². The molecule has 2 bridgehead atoms. The summed E-state index contributed by atoms with van der Waals surface area (Å²) in [6.07, 6.45) is 2.52. The van der Waals surface area contributed by atoms with E-state index in [0.29, 0.717) is 12.5 Å². The zero-order valence-electron chi connectivity index (χ0n) is 11.5. The van der Waals surface area contributed by atoms with Gasteiger partial charge in [-0.15, -0.1) is 0 Å². The van der Waals surface area contributed by atoms with Crippen molar-refractivity contribution in [1.82, 2.24) is 0 Å². The van der Waals surface area contributed by atoms with E-state index >= 15 is 0 Å². The number of fused-ring (bicyclic) bond motifs is 1. The SMILES string of the molecule is CC(C)C12CCC(C)(O1)C2OCc1ccccc1. The van der Waals surface area contributed by atoms with Gasteiger partial charge in [0.1, 0.15) is 11.7 Å². The van der Waals surface area contributed by atoms with E-state index in [4.69, 9.17) is 9.47 Å². The fraction of sp³-hybridized carbons (Fsp3) is 0.625. The largest absolute Gasteiger partial charge is 0.368 e. The molecule has 0 amide bonds. The highest BCUT2D eigenvalue weighted by Gasteiger charge is 2.70. The van der Waals surface area contributed by atoms with Gasteiger partial charge in [0.05, 0.1) is 12.2 Å². The van der Waals surface area contributed by atoms with Crippen molar-refractivity contribution in [3.05, 3.63) is 35.9 Å². The molecule has 1 aliphatic carbocycles. The van der Waals surface area contributed by atoms with Gasteiger partial charge in [-0.2, -0.15) is 0 Å². The molecule has 0 N–H and O–H groups in total. The number of benzene rings is 1. The van der Waals surface area contributed by atoms with Crippen LogP contribution >= 0.6 is 0 Å². The molecule has 2 aliphatic heterocycles. The van der Waals surface area contributed by atoms with Crippen LogP contribution in [0.4, 0.5) is 0 Å². The van der Waals surface area contributed by atoms with Gasteiger partial charge in [0, 0.05) is 0 Å². The second-order valence-corrected chi connectivity index (χ2v) is 6.20. The average molecular weight is 246 g/mol. The predicted octanol–water partition coefficient (Wildman–Crippen LogP) is 3.55. The van der Waals surface area contributed by atoms with Gasteiger partial charge in [0.2, 0.25) is 0 Å². The van der Waals surface area contributed by atoms with E-state index < -0.39 is 0 Å². The van der Waals surface area contributed by atoms with E-state index in [1.54, 1.807) is 0 Å². The van der Waals surface area contributed by atoms with Gasteiger partial charge in [-0.25, -0.2) is 0 Å². The second-order valence-electron chi connectivity index (χ2n) is 6.20. The van der Waals surface area contributed by atoms with Gasteiger partial charge in [-0.05, 0) is 31.2 Å². The molecule has 2 saturated heterocycles. The quantitative estimate of drug-likeness (QED) is 0.809. The molecule has 0 aromatic heterocycles. The van der Waals surface area contributed by atoms with E-state index in [1.807, 2.05) is 6.07 Å². The minimum Gasteiger partial charge on any atom is -0.368 e. The van der Waals surface area contributed by atoms with Crippen LogP contribution in [0.5, 0.6) is 0 Å². The molecule has 3 unspecified atom stereocenters. The fourth-order valence-electron chi connectivity index (χ4n) is 3.59. The first-order valence-corrected chi connectivity index (χ1v) is 6.92. The Hall–Kier alpha value is -0.860. The Labute approximate surface area is 109 Å². The number of ether oxygens (including phenoxy) is 2. The second kappa shape index (κ2) is 4.07. The molecule has 1 aromatic rings. The van der Waals surface area contributed by atoms with Gasteiger partial charge in [-0.3, -0.25) is 0 Å². The van der Waals surface area contributed by atoms with Crippen molar-refractivity contribution in [1.29, 1.82) is 0 Å². The lowest BCUT2D eigenvalue weighted by Crippen LogP contribution is -2.67. The summed E-state index contributed by atoms with van der Waals surface area (Å²) in [6.45, 7) is 7.36. The number of rotatable bonds is 4. The van der Waals surface area contributed by atoms with Crippen molar-refractivity contribution in [3.63, 3.8) is 0 Å². The summed E-state index contributed by atoms with van der Waals surface area (Å²) in [4.78, 5) is 0. The van der Waals surface area contributed by atoms with Crippen molar-refractivity contribution < 1.29 is 9.47 Å². The Morgan fingerprint density at radius 3 is 2.61 bits per heavy atom. The van der Waals surface area contributed by atoms with Crippen molar-refractivity contribution in [2.24, 2.45) is 5.92 Å². The Balaban J connectivity index is 1.70. The average Bonchev–Trinajstić information content (AvgIpc) is 2.84. The Kier molecular flexibility index (Phi) is 2.76. The Morgan fingerprint density at radius 1 is 1.28 bits per heavy atom. The van der Waals surface area contributed by atoms with Crippen LogP contribution in [0.2, 0.25) is 0 Å². The highest BCUT2D eigenvalue weighted by molar-refractivity contribution is 5.20. The Morgan fingerprint density at radius 2 is 2.00 bits per heavy atom. The molecular formula is C16H22O2. The van der Waals surface area contributed by atoms with Crippen LogP contribution in [-0.4, -0.2) is 17.3 Å². The maximum Gasteiger partial charge on any atom is 0.116 e. The maximum atomic E-state index is 6.19. The van der Waals surface area contributed by atoms with Crippen LogP contribution in [0.3, 0.4) is 0 Å². The first-order chi connectivity index (χ1) is 8.57. The molecule has 2 heterocycles. The van der Waals surface area contributed by atoms with E-state index in [9.17, 15) is 0 Å². The molecule has 1 aromatic carbocycles. The molecule has 3 atom stereocenters. The molecule has 4 rings (SSSR count). The van der Waals surface area contributed by atoms with Crippen molar-refractivity contribution in [3.8, 4) is 0 Å². The number of hydrogen-bond donors (Lipinski definition) is 0. The minimum absolute atomic E-state index is 0.0243. The number of hydrogen-bond acceptors (Lipinski definition) is 2. The van der Waals surface area contributed by atoms with Crippen LogP contribution in [-0.2, 0) is 16.1 Å². The van der Waals surface area contributed by atoms with Crippen molar-refractivity contribution >= 4 is 0 Å². The van der Waals surface area contributed by atoms with Gasteiger partial charge in [-0.1, -0.05) is 44.2 Å². The van der Waals surface area contributed by atoms with Crippen LogP contribution in [0.15, 0.2) is 30.3 Å². The molecule has 0 spiro atoms. The first-order valence-electron chi connectivity index (χ1n) is 6.92. The highest BCUT2D eigenvalue weighted by atomic mass is 16.6. The summed E-state index contributed by atoms with van der Waals surface area (Å²) < 4.78 is 12.4.